The lowest BCUT2D eigenvalue weighted by Gasteiger charge is -2.31. The fourth-order valence-corrected chi connectivity index (χ4v) is 3.79. The first-order valence-corrected chi connectivity index (χ1v) is 9.21. The van der Waals surface area contributed by atoms with E-state index in [-0.39, 0.29) is 5.91 Å². The highest BCUT2D eigenvalue weighted by Gasteiger charge is 2.26. The van der Waals surface area contributed by atoms with Crippen molar-refractivity contribution in [2.45, 2.75) is 32.6 Å². The molecule has 3 aromatic rings. The van der Waals surface area contributed by atoms with Gasteiger partial charge < -0.3 is 9.42 Å². The smallest absolute Gasteiger partial charge is 0.274 e. The monoisotopic (exact) mass is 365 g/mol. The van der Waals surface area contributed by atoms with Crippen LogP contribution in [0.1, 0.15) is 46.4 Å². The molecule has 0 aromatic carbocycles. The molecule has 1 fully saturated rings. The summed E-state index contributed by atoms with van der Waals surface area (Å²) in [6, 6.07) is 5.90. The second kappa shape index (κ2) is 6.98. The Labute approximate surface area is 158 Å². The van der Waals surface area contributed by atoms with Gasteiger partial charge in [0.1, 0.15) is 11.5 Å². The molecule has 0 atom stereocenters. The highest BCUT2D eigenvalue weighted by atomic mass is 16.5. The molecule has 0 spiro atoms. The second-order valence-electron chi connectivity index (χ2n) is 7.11. The standard InChI is InChI=1S/C20H23N5O2/c1-13-19(14(2)27-23-13)16-4-8-21-18(12-16)15-5-10-25(11-6-15)20(26)17-7-9-24(3)22-17/h4,7-9,12,15H,5-6,10-11H2,1-3H3. The summed E-state index contributed by atoms with van der Waals surface area (Å²) in [6.07, 6.45) is 5.44. The lowest BCUT2D eigenvalue weighted by molar-refractivity contribution is 0.0705. The Bertz CT molecular complexity index is 947. The average molecular weight is 365 g/mol. The van der Waals surface area contributed by atoms with Crippen molar-refractivity contribution >= 4 is 5.91 Å². The molecule has 0 radical (unpaired) electrons. The maximum absolute atomic E-state index is 12.6. The van der Waals surface area contributed by atoms with Crippen LogP contribution in [-0.4, -0.2) is 43.8 Å². The van der Waals surface area contributed by atoms with Gasteiger partial charge in [-0.25, -0.2) is 0 Å². The van der Waals surface area contributed by atoms with Gasteiger partial charge in [-0.15, -0.1) is 0 Å². The van der Waals surface area contributed by atoms with Gasteiger partial charge in [0.25, 0.3) is 5.91 Å². The summed E-state index contributed by atoms with van der Waals surface area (Å²) in [5, 5.41) is 8.27. The highest BCUT2D eigenvalue weighted by molar-refractivity contribution is 5.92. The van der Waals surface area contributed by atoms with Gasteiger partial charge in [-0.2, -0.15) is 5.10 Å². The molecule has 3 aromatic heterocycles. The molecule has 1 amide bonds. The average Bonchev–Trinajstić information content (AvgIpc) is 3.26. The number of carbonyl (C=O) groups is 1. The van der Waals surface area contributed by atoms with E-state index >= 15 is 0 Å². The zero-order valence-electron chi connectivity index (χ0n) is 15.8. The van der Waals surface area contributed by atoms with Gasteiger partial charge in [0.2, 0.25) is 0 Å². The van der Waals surface area contributed by atoms with Crippen molar-refractivity contribution < 1.29 is 9.32 Å². The second-order valence-corrected chi connectivity index (χ2v) is 7.11. The first-order chi connectivity index (χ1) is 13.0. The van der Waals surface area contributed by atoms with Gasteiger partial charge in [0, 0.05) is 49.7 Å². The third-order valence-electron chi connectivity index (χ3n) is 5.24. The number of aromatic nitrogens is 4. The van der Waals surface area contributed by atoms with Crippen LogP contribution in [-0.2, 0) is 7.05 Å². The van der Waals surface area contributed by atoms with Crippen molar-refractivity contribution in [2.75, 3.05) is 13.1 Å². The number of piperidine rings is 1. The summed E-state index contributed by atoms with van der Waals surface area (Å²) >= 11 is 0. The van der Waals surface area contributed by atoms with Crippen LogP contribution in [0.2, 0.25) is 0 Å². The third-order valence-corrected chi connectivity index (χ3v) is 5.24. The Hall–Kier alpha value is -2.96. The number of carbonyl (C=O) groups excluding carboxylic acids is 1. The summed E-state index contributed by atoms with van der Waals surface area (Å²) in [5.74, 6) is 1.17. The van der Waals surface area contributed by atoms with Crippen molar-refractivity contribution in [2.24, 2.45) is 7.05 Å². The van der Waals surface area contributed by atoms with E-state index in [0.29, 0.717) is 11.6 Å². The molecule has 1 aliphatic rings. The van der Waals surface area contributed by atoms with Gasteiger partial charge in [-0.05, 0) is 50.5 Å². The van der Waals surface area contributed by atoms with Gasteiger partial charge in [0.15, 0.2) is 0 Å². The van der Waals surface area contributed by atoms with E-state index in [9.17, 15) is 4.79 Å². The summed E-state index contributed by atoms with van der Waals surface area (Å²) in [4.78, 5) is 19.0. The Balaban J connectivity index is 1.47. The van der Waals surface area contributed by atoms with Crippen molar-refractivity contribution in [3.8, 4) is 11.1 Å². The van der Waals surface area contributed by atoms with Crippen LogP contribution in [0, 0.1) is 13.8 Å². The van der Waals surface area contributed by atoms with Gasteiger partial charge in [-0.3, -0.25) is 14.5 Å². The quantitative estimate of drug-likeness (QED) is 0.713. The van der Waals surface area contributed by atoms with Crippen LogP contribution in [0.25, 0.3) is 11.1 Å². The predicted octanol–water partition coefficient (Wildman–Crippen LogP) is 3.11. The number of likely N-dealkylation sites (tertiary alicyclic amines) is 1. The van der Waals surface area contributed by atoms with E-state index in [2.05, 4.69) is 21.3 Å². The normalized spacial score (nSPS) is 15.3. The summed E-state index contributed by atoms with van der Waals surface area (Å²) in [7, 11) is 1.82. The molecular formula is C20H23N5O2. The number of aryl methyl sites for hydroxylation is 3. The highest BCUT2D eigenvalue weighted by Crippen LogP contribution is 2.32. The SMILES string of the molecule is Cc1noc(C)c1-c1ccnc(C2CCN(C(=O)c3ccn(C)n3)CC2)c1. The summed E-state index contributed by atoms with van der Waals surface area (Å²) < 4.78 is 6.95. The molecule has 0 saturated carbocycles. The molecule has 0 N–H and O–H groups in total. The molecule has 1 aliphatic heterocycles. The number of nitrogens with zero attached hydrogens (tertiary/aromatic N) is 5. The van der Waals surface area contributed by atoms with Gasteiger partial charge >= 0.3 is 0 Å². The Morgan fingerprint density at radius 1 is 1.22 bits per heavy atom. The van der Waals surface area contributed by atoms with E-state index < -0.39 is 0 Å². The number of rotatable bonds is 3. The molecular weight excluding hydrogens is 342 g/mol. The van der Waals surface area contributed by atoms with E-state index in [1.807, 2.05) is 38.1 Å². The van der Waals surface area contributed by atoms with Crippen LogP contribution in [0.4, 0.5) is 0 Å². The molecule has 140 valence electrons. The molecule has 7 nitrogen and oxygen atoms in total. The minimum absolute atomic E-state index is 0.00600. The minimum Gasteiger partial charge on any atom is -0.361 e. The van der Waals surface area contributed by atoms with E-state index in [1.54, 1.807) is 16.9 Å². The molecule has 4 heterocycles. The van der Waals surface area contributed by atoms with E-state index in [1.165, 1.54) is 0 Å². The predicted molar refractivity (Wildman–Crippen MR) is 100 cm³/mol. The van der Waals surface area contributed by atoms with E-state index in [4.69, 9.17) is 4.52 Å². The van der Waals surface area contributed by atoms with Crippen LogP contribution in [0.3, 0.4) is 0 Å². The first kappa shape index (κ1) is 17.5. The largest absolute Gasteiger partial charge is 0.361 e. The molecule has 0 aliphatic carbocycles. The minimum atomic E-state index is 0.00600. The molecule has 4 rings (SSSR count). The van der Waals surface area contributed by atoms with Crippen LogP contribution < -0.4 is 0 Å². The number of amides is 1. The molecule has 27 heavy (non-hydrogen) atoms. The number of hydrogen-bond acceptors (Lipinski definition) is 5. The lowest BCUT2D eigenvalue weighted by atomic mass is 9.91. The van der Waals surface area contributed by atoms with Crippen molar-refractivity contribution in [3.05, 3.63) is 53.4 Å². The fourth-order valence-electron chi connectivity index (χ4n) is 3.79. The molecule has 0 bridgehead atoms. The Kier molecular flexibility index (Phi) is 4.51. The lowest BCUT2D eigenvalue weighted by Crippen LogP contribution is -2.38. The van der Waals surface area contributed by atoms with Crippen LogP contribution in [0.5, 0.6) is 0 Å². The summed E-state index contributed by atoms with van der Waals surface area (Å²) in [6.45, 7) is 5.32. The Morgan fingerprint density at radius 2 is 2.00 bits per heavy atom. The summed E-state index contributed by atoms with van der Waals surface area (Å²) in [5.41, 5.74) is 4.59. The molecule has 7 heteroatoms. The zero-order valence-corrected chi connectivity index (χ0v) is 15.8. The van der Waals surface area contributed by atoms with Crippen molar-refractivity contribution in [1.29, 1.82) is 0 Å². The topological polar surface area (TPSA) is 77.0 Å². The van der Waals surface area contributed by atoms with Gasteiger partial charge in [-0.1, -0.05) is 5.16 Å². The zero-order chi connectivity index (χ0) is 19.0. The van der Waals surface area contributed by atoms with Crippen molar-refractivity contribution in [3.63, 3.8) is 0 Å². The Morgan fingerprint density at radius 3 is 2.63 bits per heavy atom. The first-order valence-electron chi connectivity index (χ1n) is 9.21. The van der Waals surface area contributed by atoms with Crippen molar-refractivity contribution in [1.82, 2.24) is 24.8 Å². The number of pyridine rings is 1. The maximum atomic E-state index is 12.6. The van der Waals surface area contributed by atoms with Crippen LogP contribution >= 0.6 is 0 Å². The molecule has 0 unspecified atom stereocenters. The maximum Gasteiger partial charge on any atom is 0.274 e. The fraction of sp³-hybridized carbons (Fsp3) is 0.400. The number of hydrogen-bond donors (Lipinski definition) is 0. The van der Waals surface area contributed by atoms with Crippen LogP contribution in [0.15, 0.2) is 35.1 Å². The molecule has 1 saturated heterocycles. The van der Waals surface area contributed by atoms with Gasteiger partial charge in [0.05, 0.1) is 5.69 Å². The third kappa shape index (κ3) is 3.37. The van der Waals surface area contributed by atoms with E-state index in [0.717, 1.165) is 54.2 Å².